The van der Waals surface area contributed by atoms with Crippen molar-refractivity contribution >= 4 is 17.3 Å². The van der Waals surface area contributed by atoms with Crippen molar-refractivity contribution in [2.45, 2.75) is 20.3 Å². The van der Waals surface area contributed by atoms with Crippen molar-refractivity contribution < 1.29 is 9.18 Å². The lowest BCUT2D eigenvalue weighted by atomic mass is 10.0. The Kier molecular flexibility index (Phi) is 4.60. The molecule has 0 aromatic heterocycles. The van der Waals surface area contributed by atoms with E-state index in [1.54, 1.807) is 0 Å². The van der Waals surface area contributed by atoms with E-state index >= 15 is 0 Å². The van der Waals surface area contributed by atoms with Gasteiger partial charge in [-0.25, -0.2) is 4.39 Å². The van der Waals surface area contributed by atoms with Gasteiger partial charge >= 0.3 is 0 Å². The Morgan fingerprint density at radius 1 is 1.40 bits per heavy atom. The second-order valence-electron chi connectivity index (χ2n) is 5.75. The summed E-state index contributed by atoms with van der Waals surface area (Å²) in [6, 6.07) is 4.17. The van der Waals surface area contributed by atoms with Gasteiger partial charge in [0.25, 0.3) is 0 Å². The number of hydrogen-bond donors (Lipinski definition) is 2. The highest BCUT2D eigenvalue weighted by Gasteiger charge is 2.25. The number of amides is 1. The van der Waals surface area contributed by atoms with E-state index in [-0.39, 0.29) is 11.6 Å². The molecule has 5 heteroatoms. The minimum atomic E-state index is -0.462. The fraction of sp³-hybridized carbons (Fsp3) is 0.533. The molecule has 1 aromatic rings. The van der Waals surface area contributed by atoms with E-state index in [9.17, 15) is 9.18 Å². The molecule has 1 fully saturated rings. The Hall–Kier alpha value is -1.62. The smallest absolute Gasteiger partial charge is 0.225 e. The number of benzene rings is 1. The second-order valence-corrected chi connectivity index (χ2v) is 5.75. The Balaban J connectivity index is 1.82. The molecule has 1 amide bonds. The summed E-state index contributed by atoms with van der Waals surface area (Å²) in [6.45, 7) is 7.23. The molecule has 0 radical (unpaired) electrons. The summed E-state index contributed by atoms with van der Waals surface area (Å²) >= 11 is 0. The summed E-state index contributed by atoms with van der Waals surface area (Å²) < 4.78 is 13.5. The summed E-state index contributed by atoms with van der Waals surface area (Å²) in [5.74, 6) is 0.700. The minimum Gasteiger partial charge on any atom is -0.399 e. The Bertz CT molecular complexity index is 482. The van der Waals surface area contributed by atoms with Crippen LogP contribution in [0.1, 0.15) is 20.3 Å². The largest absolute Gasteiger partial charge is 0.399 e. The van der Waals surface area contributed by atoms with Gasteiger partial charge in [-0.05, 0) is 30.0 Å². The first-order valence-electron chi connectivity index (χ1n) is 7.03. The predicted molar refractivity (Wildman–Crippen MR) is 78.8 cm³/mol. The molecule has 3 N–H and O–H groups in total. The molecule has 4 nitrogen and oxygen atoms in total. The lowest BCUT2D eigenvalue weighted by Gasteiger charge is -2.15. The molecule has 2 atom stereocenters. The summed E-state index contributed by atoms with van der Waals surface area (Å²) in [7, 11) is 0. The van der Waals surface area contributed by atoms with Gasteiger partial charge in [0.2, 0.25) is 5.91 Å². The molecule has 2 unspecified atom stereocenters. The first kappa shape index (κ1) is 14.8. The lowest BCUT2D eigenvalue weighted by molar-refractivity contribution is -0.116. The van der Waals surface area contributed by atoms with Crippen molar-refractivity contribution in [1.29, 1.82) is 0 Å². The number of nitrogens with zero attached hydrogens (tertiary/aromatic N) is 1. The van der Waals surface area contributed by atoms with E-state index < -0.39 is 5.82 Å². The molecule has 2 rings (SSSR count). The monoisotopic (exact) mass is 279 g/mol. The second kappa shape index (κ2) is 6.22. The van der Waals surface area contributed by atoms with Crippen LogP contribution in [-0.4, -0.2) is 30.4 Å². The van der Waals surface area contributed by atoms with Gasteiger partial charge in [-0.1, -0.05) is 13.8 Å². The van der Waals surface area contributed by atoms with Gasteiger partial charge in [0.1, 0.15) is 5.82 Å². The number of rotatable bonds is 4. The summed E-state index contributed by atoms with van der Waals surface area (Å²) in [6.07, 6.45) is 0.369. The van der Waals surface area contributed by atoms with Crippen molar-refractivity contribution in [2.24, 2.45) is 11.8 Å². The van der Waals surface area contributed by atoms with Crippen molar-refractivity contribution in [1.82, 2.24) is 4.90 Å². The molecule has 1 aromatic carbocycles. The highest BCUT2D eigenvalue weighted by atomic mass is 19.1. The zero-order valence-electron chi connectivity index (χ0n) is 12.0. The van der Waals surface area contributed by atoms with Crippen LogP contribution in [0.15, 0.2) is 18.2 Å². The number of nitrogen functional groups attached to an aromatic ring is 1. The fourth-order valence-electron chi connectivity index (χ4n) is 2.54. The van der Waals surface area contributed by atoms with E-state index in [0.29, 0.717) is 30.5 Å². The normalized spacial score (nSPS) is 22.9. The van der Waals surface area contributed by atoms with Crippen molar-refractivity contribution in [2.75, 3.05) is 30.7 Å². The molecule has 1 saturated heterocycles. The first-order chi connectivity index (χ1) is 9.45. The molecule has 20 heavy (non-hydrogen) atoms. The van der Waals surface area contributed by atoms with Crippen molar-refractivity contribution in [3.63, 3.8) is 0 Å². The minimum absolute atomic E-state index is 0.151. The van der Waals surface area contributed by atoms with E-state index in [1.165, 1.54) is 18.2 Å². The molecule has 0 aliphatic carbocycles. The molecular weight excluding hydrogens is 257 g/mol. The maximum absolute atomic E-state index is 13.5. The van der Waals surface area contributed by atoms with Gasteiger partial charge in [-0.3, -0.25) is 4.79 Å². The number of hydrogen-bond acceptors (Lipinski definition) is 3. The third-order valence-electron chi connectivity index (χ3n) is 3.98. The Labute approximate surface area is 119 Å². The van der Waals surface area contributed by atoms with Crippen LogP contribution in [0.4, 0.5) is 15.8 Å². The average molecular weight is 279 g/mol. The number of halogens is 1. The quantitative estimate of drug-likeness (QED) is 0.832. The molecule has 0 saturated carbocycles. The maximum Gasteiger partial charge on any atom is 0.225 e. The predicted octanol–water partition coefficient (Wildman–Crippen LogP) is 2.32. The number of carbonyl (C=O) groups excluding carboxylic acids is 1. The van der Waals surface area contributed by atoms with Gasteiger partial charge < -0.3 is 16.0 Å². The van der Waals surface area contributed by atoms with Crippen LogP contribution in [0.2, 0.25) is 0 Å². The molecular formula is C15H22FN3O. The highest BCUT2D eigenvalue weighted by Crippen LogP contribution is 2.22. The van der Waals surface area contributed by atoms with Crippen LogP contribution in [0.3, 0.4) is 0 Å². The summed E-state index contributed by atoms with van der Waals surface area (Å²) in [5, 5.41) is 2.58. The van der Waals surface area contributed by atoms with Crippen molar-refractivity contribution in [3.05, 3.63) is 24.0 Å². The Morgan fingerprint density at radius 2 is 2.05 bits per heavy atom. The van der Waals surface area contributed by atoms with Gasteiger partial charge in [0.15, 0.2) is 0 Å². The third-order valence-corrected chi connectivity index (χ3v) is 3.98. The summed E-state index contributed by atoms with van der Waals surface area (Å²) in [5.41, 5.74) is 6.17. The molecule has 1 aliphatic heterocycles. The van der Waals surface area contributed by atoms with E-state index in [4.69, 9.17) is 5.73 Å². The third kappa shape index (κ3) is 3.70. The standard InChI is InChI=1S/C15H22FN3O/c1-10-8-19(9-11(10)2)6-5-15(20)18-14-7-12(17)3-4-13(14)16/h3-4,7,10-11H,5-6,8-9,17H2,1-2H3,(H,18,20). The van der Waals surface area contributed by atoms with Crippen LogP contribution in [-0.2, 0) is 4.79 Å². The topological polar surface area (TPSA) is 58.4 Å². The van der Waals surface area contributed by atoms with E-state index in [0.717, 1.165) is 13.1 Å². The fourth-order valence-corrected chi connectivity index (χ4v) is 2.54. The molecule has 1 heterocycles. The molecule has 1 aliphatic rings. The van der Waals surface area contributed by atoms with Crippen LogP contribution in [0, 0.1) is 17.7 Å². The van der Waals surface area contributed by atoms with E-state index in [2.05, 4.69) is 24.1 Å². The maximum atomic E-state index is 13.5. The Morgan fingerprint density at radius 3 is 2.70 bits per heavy atom. The van der Waals surface area contributed by atoms with Gasteiger partial charge in [-0.2, -0.15) is 0 Å². The van der Waals surface area contributed by atoms with E-state index in [1.807, 2.05) is 0 Å². The van der Waals surface area contributed by atoms with Crippen LogP contribution >= 0.6 is 0 Å². The average Bonchev–Trinajstić information content (AvgIpc) is 2.71. The van der Waals surface area contributed by atoms with Crippen molar-refractivity contribution in [3.8, 4) is 0 Å². The highest BCUT2D eigenvalue weighted by molar-refractivity contribution is 5.91. The SMILES string of the molecule is CC1CN(CCC(=O)Nc2cc(N)ccc2F)CC1C. The van der Waals surface area contributed by atoms with Gasteiger partial charge in [0.05, 0.1) is 5.69 Å². The first-order valence-corrected chi connectivity index (χ1v) is 7.03. The number of nitrogens with two attached hydrogens (primary N) is 1. The van der Waals surface area contributed by atoms with Crippen LogP contribution in [0.25, 0.3) is 0 Å². The van der Waals surface area contributed by atoms with Gasteiger partial charge in [-0.15, -0.1) is 0 Å². The number of likely N-dealkylation sites (tertiary alicyclic amines) is 1. The van der Waals surface area contributed by atoms with Gasteiger partial charge in [0, 0.05) is 31.7 Å². The molecule has 0 spiro atoms. The van der Waals surface area contributed by atoms with Crippen LogP contribution in [0.5, 0.6) is 0 Å². The van der Waals surface area contributed by atoms with Crippen LogP contribution < -0.4 is 11.1 Å². The number of anilines is 2. The summed E-state index contributed by atoms with van der Waals surface area (Å²) in [4.78, 5) is 14.1. The zero-order chi connectivity index (χ0) is 14.7. The molecule has 110 valence electrons. The number of carbonyl (C=O) groups is 1. The zero-order valence-corrected chi connectivity index (χ0v) is 12.0. The lowest BCUT2D eigenvalue weighted by Crippen LogP contribution is -2.26. The molecule has 0 bridgehead atoms. The number of nitrogens with one attached hydrogen (secondary N) is 1.